The summed E-state index contributed by atoms with van der Waals surface area (Å²) in [5.74, 6) is 0. The summed E-state index contributed by atoms with van der Waals surface area (Å²) in [5, 5.41) is -1.03. The van der Waals surface area contributed by atoms with E-state index in [1.54, 1.807) is 22.6 Å². The molecule has 0 fully saturated rings. The normalized spacial score (nSPS) is 12.1. The van der Waals surface area contributed by atoms with Crippen LogP contribution in [0.3, 0.4) is 0 Å². The summed E-state index contributed by atoms with van der Waals surface area (Å²) in [6, 6.07) is 1.08. The Labute approximate surface area is 107 Å². The number of hydrogen-bond acceptors (Lipinski definition) is 3. The van der Waals surface area contributed by atoms with Gasteiger partial charge in [-0.15, -0.1) is 0 Å². The molecule has 84 valence electrons. The summed E-state index contributed by atoms with van der Waals surface area (Å²) in [6.45, 7) is 0. The van der Waals surface area contributed by atoms with E-state index < -0.39 is 26.2 Å². The Bertz CT molecular complexity index is 494. The third-order valence-electron chi connectivity index (χ3n) is 1.36. The summed E-state index contributed by atoms with van der Waals surface area (Å²) in [7, 11) is 0.757. The van der Waals surface area contributed by atoms with E-state index in [9.17, 15) is 17.2 Å². The van der Waals surface area contributed by atoms with Crippen LogP contribution in [0.25, 0.3) is 0 Å². The van der Waals surface area contributed by atoms with Gasteiger partial charge in [-0.3, -0.25) is 0 Å². The third-order valence-corrected chi connectivity index (χ3v) is 3.84. The number of nitrogens with zero attached hydrogens (tertiary/aromatic N) is 1. The topological polar surface area (TPSA) is 47.0 Å². The molecule has 0 amide bonds. The lowest BCUT2D eigenvalue weighted by molar-refractivity contribution is 0.144. The SMILES string of the molecule is O=S(=O)(Cl)c1nc(C(F)F)c(I)cc1Cl. The zero-order valence-electron chi connectivity index (χ0n) is 6.72. The second-order valence-electron chi connectivity index (χ2n) is 2.38. The Morgan fingerprint density at radius 2 is 2.00 bits per heavy atom. The molecule has 0 aliphatic heterocycles. The van der Waals surface area contributed by atoms with Gasteiger partial charge in [0.05, 0.1) is 5.02 Å². The van der Waals surface area contributed by atoms with Crippen molar-refractivity contribution in [1.82, 2.24) is 4.98 Å². The Hall–Kier alpha value is 0.270. The minimum absolute atomic E-state index is 0.0802. The molecular formula is C6H2Cl2F2INO2S. The van der Waals surface area contributed by atoms with Crippen LogP contribution in [-0.4, -0.2) is 13.4 Å². The van der Waals surface area contributed by atoms with E-state index in [-0.39, 0.29) is 8.59 Å². The van der Waals surface area contributed by atoms with Crippen molar-refractivity contribution in [1.29, 1.82) is 0 Å². The first-order valence-corrected chi connectivity index (χ1v) is 7.09. The molecule has 1 aromatic heterocycles. The second kappa shape index (κ2) is 4.64. The monoisotopic (exact) mass is 387 g/mol. The van der Waals surface area contributed by atoms with Crippen LogP contribution in [0.2, 0.25) is 5.02 Å². The van der Waals surface area contributed by atoms with Crippen molar-refractivity contribution >= 4 is 53.9 Å². The molecule has 1 heterocycles. The van der Waals surface area contributed by atoms with Crippen molar-refractivity contribution in [2.24, 2.45) is 0 Å². The second-order valence-corrected chi connectivity index (χ2v) is 6.43. The van der Waals surface area contributed by atoms with Gasteiger partial charge >= 0.3 is 0 Å². The molecule has 0 N–H and O–H groups in total. The number of pyridine rings is 1. The maximum Gasteiger partial charge on any atom is 0.281 e. The minimum Gasteiger partial charge on any atom is -0.232 e. The molecule has 0 saturated heterocycles. The lowest BCUT2D eigenvalue weighted by Gasteiger charge is -2.05. The average molecular weight is 388 g/mol. The Balaban J connectivity index is 3.50. The van der Waals surface area contributed by atoms with Crippen LogP contribution in [0.4, 0.5) is 8.78 Å². The van der Waals surface area contributed by atoms with Gasteiger partial charge in [-0.05, 0) is 28.7 Å². The van der Waals surface area contributed by atoms with Crippen LogP contribution in [-0.2, 0) is 9.05 Å². The molecule has 1 rings (SSSR count). The first-order chi connectivity index (χ1) is 6.73. The van der Waals surface area contributed by atoms with Crippen molar-refractivity contribution in [3.63, 3.8) is 0 Å². The Morgan fingerprint density at radius 1 is 1.47 bits per heavy atom. The van der Waals surface area contributed by atoms with Crippen LogP contribution in [0, 0.1) is 3.57 Å². The summed E-state index contributed by atoms with van der Waals surface area (Å²) in [4.78, 5) is 3.23. The number of rotatable bonds is 2. The molecule has 0 unspecified atom stereocenters. The minimum atomic E-state index is -4.21. The molecule has 9 heteroatoms. The van der Waals surface area contributed by atoms with Crippen LogP contribution in [0.15, 0.2) is 11.1 Å². The van der Waals surface area contributed by atoms with Gasteiger partial charge < -0.3 is 0 Å². The fourth-order valence-corrected chi connectivity index (χ4v) is 3.07. The number of hydrogen-bond donors (Lipinski definition) is 0. The Morgan fingerprint density at radius 3 is 2.40 bits per heavy atom. The van der Waals surface area contributed by atoms with E-state index >= 15 is 0 Å². The molecule has 0 bridgehead atoms. The molecule has 15 heavy (non-hydrogen) atoms. The van der Waals surface area contributed by atoms with Gasteiger partial charge in [0.2, 0.25) is 0 Å². The van der Waals surface area contributed by atoms with Crippen molar-refractivity contribution in [3.05, 3.63) is 20.4 Å². The van der Waals surface area contributed by atoms with Crippen molar-refractivity contribution in [3.8, 4) is 0 Å². The Kier molecular flexibility index (Phi) is 4.13. The summed E-state index contributed by atoms with van der Waals surface area (Å²) in [5.41, 5.74) is -0.653. The zero-order chi connectivity index (χ0) is 11.8. The molecule has 0 spiro atoms. The van der Waals surface area contributed by atoms with Crippen LogP contribution in [0.5, 0.6) is 0 Å². The lowest BCUT2D eigenvalue weighted by atomic mass is 10.4. The van der Waals surface area contributed by atoms with Gasteiger partial charge in [0.15, 0.2) is 5.03 Å². The summed E-state index contributed by atoms with van der Waals surface area (Å²) < 4.78 is 46.7. The first-order valence-electron chi connectivity index (χ1n) is 3.32. The first kappa shape index (κ1) is 13.3. The highest BCUT2D eigenvalue weighted by molar-refractivity contribution is 14.1. The van der Waals surface area contributed by atoms with E-state index in [0.717, 1.165) is 6.07 Å². The number of aromatic nitrogens is 1. The van der Waals surface area contributed by atoms with Crippen molar-refractivity contribution in [2.75, 3.05) is 0 Å². The van der Waals surface area contributed by atoms with Gasteiger partial charge in [-0.1, -0.05) is 11.6 Å². The smallest absolute Gasteiger partial charge is 0.232 e. The van der Waals surface area contributed by atoms with Gasteiger partial charge in [0, 0.05) is 14.3 Å². The van der Waals surface area contributed by atoms with Gasteiger partial charge in [0.25, 0.3) is 15.5 Å². The van der Waals surface area contributed by atoms with E-state index in [1.807, 2.05) is 0 Å². The van der Waals surface area contributed by atoms with E-state index in [2.05, 4.69) is 4.98 Å². The van der Waals surface area contributed by atoms with Crippen molar-refractivity contribution in [2.45, 2.75) is 11.5 Å². The fraction of sp³-hybridized carbons (Fsp3) is 0.167. The van der Waals surface area contributed by atoms with Gasteiger partial charge in [-0.2, -0.15) is 0 Å². The predicted molar refractivity (Wildman–Crippen MR) is 60.0 cm³/mol. The van der Waals surface area contributed by atoms with E-state index in [4.69, 9.17) is 22.3 Å². The van der Waals surface area contributed by atoms with Crippen LogP contribution in [0.1, 0.15) is 12.1 Å². The quantitative estimate of drug-likeness (QED) is 0.578. The molecule has 0 aliphatic carbocycles. The maximum atomic E-state index is 12.4. The predicted octanol–water partition coefficient (Wildman–Crippen LogP) is 3.20. The van der Waals surface area contributed by atoms with Crippen molar-refractivity contribution < 1.29 is 17.2 Å². The largest absolute Gasteiger partial charge is 0.281 e. The van der Waals surface area contributed by atoms with Gasteiger partial charge in [-0.25, -0.2) is 22.2 Å². The molecule has 1 aromatic rings. The molecular weight excluding hydrogens is 386 g/mol. The molecule has 3 nitrogen and oxygen atoms in total. The number of alkyl halides is 2. The zero-order valence-corrected chi connectivity index (χ0v) is 11.2. The maximum absolute atomic E-state index is 12.4. The average Bonchev–Trinajstić information content (AvgIpc) is 2.00. The standard InChI is InChI=1S/C6H2Cl2F2INO2S/c7-2-1-3(11)4(5(9)10)12-6(2)15(8,13)14/h1,5H. The molecule has 0 radical (unpaired) electrons. The fourth-order valence-electron chi connectivity index (χ4n) is 0.787. The highest BCUT2D eigenvalue weighted by atomic mass is 127. The third kappa shape index (κ3) is 3.11. The van der Waals surface area contributed by atoms with Gasteiger partial charge in [0.1, 0.15) is 5.69 Å². The highest BCUT2D eigenvalue weighted by Crippen LogP contribution is 2.30. The summed E-state index contributed by atoms with van der Waals surface area (Å²) in [6.07, 6.45) is -2.88. The molecule has 0 saturated carbocycles. The lowest BCUT2D eigenvalue weighted by Crippen LogP contribution is -2.03. The molecule has 0 aromatic carbocycles. The van der Waals surface area contributed by atoms with E-state index in [0.29, 0.717) is 0 Å². The summed E-state index contributed by atoms with van der Waals surface area (Å²) >= 11 is 7.10. The molecule has 0 aliphatic rings. The van der Waals surface area contributed by atoms with E-state index in [1.165, 1.54) is 0 Å². The van der Waals surface area contributed by atoms with Crippen LogP contribution >= 0.6 is 44.9 Å². The highest BCUT2D eigenvalue weighted by Gasteiger charge is 2.23. The van der Waals surface area contributed by atoms with Crippen LogP contribution < -0.4 is 0 Å². The number of halogens is 5. The molecule has 0 atom stereocenters.